The zero-order valence-electron chi connectivity index (χ0n) is 13.7. The van der Waals surface area contributed by atoms with Gasteiger partial charge in [-0.3, -0.25) is 9.78 Å². The van der Waals surface area contributed by atoms with Gasteiger partial charge in [0.2, 0.25) is 5.91 Å². The first-order valence-corrected chi connectivity index (χ1v) is 10.3. The van der Waals surface area contributed by atoms with Crippen LogP contribution in [0.1, 0.15) is 11.1 Å². The van der Waals surface area contributed by atoms with Crippen LogP contribution in [0.2, 0.25) is 5.02 Å². The number of fused-ring (bicyclic) bond motifs is 1. The van der Waals surface area contributed by atoms with Crippen molar-refractivity contribution in [2.45, 2.75) is 18.2 Å². The molecule has 0 aliphatic heterocycles. The molecular formula is C18H14BrClN2O3S. The van der Waals surface area contributed by atoms with Crippen LogP contribution in [0.3, 0.4) is 0 Å². The number of carbonyl (C=O) groups is 1. The molecule has 26 heavy (non-hydrogen) atoms. The van der Waals surface area contributed by atoms with Gasteiger partial charge in [-0.25, -0.2) is 13.1 Å². The molecule has 0 aliphatic rings. The van der Waals surface area contributed by atoms with Gasteiger partial charge in [0.15, 0.2) is 0 Å². The number of aromatic nitrogens is 1. The highest BCUT2D eigenvalue weighted by atomic mass is 79.9. The number of hydrogen-bond donors (Lipinski definition) is 1. The highest BCUT2D eigenvalue weighted by Crippen LogP contribution is 2.26. The maximum atomic E-state index is 12.7. The first-order chi connectivity index (χ1) is 12.3. The van der Waals surface area contributed by atoms with Gasteiger partial charge < -0.3 is 0 Å². The first kappa shape index (κ1) is 18.8. The van der Waals surface area contributed by atoms with E-state index in [-0.39, 0.29) is 21.9 Å². The number of pyridine rings is 1. The molecule has 0 saturated heterocycles. The largest absolute Gasteiger partial charge is 0.274 e. The highest BCUT2D eigenvalue weighted by molar-refractivity contribution is 9.10. The molecule has 0 bridgehead atoms. The Balaban J connectivity index is 1.89. The molecule has 0 saturated carbocycles. The highest BCUT2D eigenvalue weighted by Gasteiger charge is 2.22. The topological polar surface area (TPSA) is 76.1 Å². The fourth-order valence-corrected chi connectivity index (χ4v) is 4.41. The second kappa shape index (κ2) is 7.34. The third kappa shape index (κ3) is 4.06. The standard InChI is InChI=1S/C18H14BrClN2O3S/c1-11-4-5-12(7-15(11)19)8-17(23)22-26(24,25)16-10-14(20)9-13-3-2-6-21-18(13)16/h2-7,9-10H,8H2,1H3,(H,22,23). The first-order valence-electron chi connectivity index (χ1n) is 7.61. The molecule has 1 amide bonds. The molecular weight excluding hydrogens is 440 g/mol. The molecule has 2 aromatic carbocycles. The number of carbonyl (C=O) groups excluding carboxylic acids is 1. The van der Waals surface area contributed by atoms with Gasteiger partial charge in [-0.2, -0.15) is 0 Å². The molecule has 1 heterocycles. The zero-order chi connectivity index (χ0) is 18.9. The van der Waals surface area contributed by atoms with E-state index in [9.17, 15) is 13.2 Å². The van der Waals surface area contributed by atoms with Gasteiger partial charge in [-0.05, 0) is 42.3 Å². The van der Waals surface area contributed by atoms with E-state index in [0.717, 1.165) is 10.0 Å². The molecule has 0 atom stereocenters. The Labute approximate surface area is 164 Å². The van der Waals surface area contributed by atoms with Crippen molar-refractivity contribution >= 4 is 54.4 Å². The van der Waals surface area contributed by atoms with Crippen molar-refractivity contribution in [2.24, 2.45) is 0 Å². The van der Waals surface area contributed by atoms with Crippen molar-refractivity contribution in [3.63, 3.8) is 0 Å². The van der Waals surface area contributed by atoms with Crippen LogP contribution >= 0.6 is 27.5 Å². The van der Waals surface area contributed by atoms with E-state index in [0.29, 0.717) is 10.9 Å². The molecule has 134 valence electrons. The van der Waals surface area contributed by atoms with Crippen molar-refractivity contribution in [3.8, 4) is 0 Å². The van der Waals surface area contributed by atoms with Gasteiger partial charge >= 0.3 is 0 Å². The quantitative estimate of drug-likeness (QED) is 0.648. The van der Waals surface area contributed by atoms with Crippen LogP contribution < -0.4 is 4.72 Å². The number of sulfonamides is 1. The molecule has 0 fully saturated rings. The summed E-state index contributed by atoms with van der Waals surface area (Å²) in [6.45, 7) is 1.93. The van der Waals surface area contributed by atoms with E-state index in [1.165, 1.54) is 12.3 Å². The molecule has 3 aromatic rings. The number of nitrogens with one attached hydrogen (secondary N) is 1. The minimum atomic E-state index is -4.11. The predicted octanol–water partition coefficient (Wildman–Crippen LogP) is 4.01. The summed E-state index contributed by atoms with van der Waals surface area (Å²) in [4.78, 5) is 16.2. The summed E-state index contributed by atoms with van der Waals surface area (Å²) in [5.74, 6) is -0.634. The van der Waals surface area contributed by atoms with Crippen LogP contribution in [0, 0.1) is 6.92 Å². The van der Waals surface area contributed by atoms with Crippen LogP contribution in [-0.2, 0) is 21.2 Å². The molecule has 1 N–H and O–H groups in total. The minimum absolute atomic E-state index is 0.0654. The van der Waals surface area contributed by atoms with E-state index in [2.05, 4.69) is 25.6 Å². The lowest BCUT2D eigenvalue weighted by Crippen LogP contribution is -2.32. The predicted molar refractivity (Wildman–Crippen MR) is 105 cm³/mol. The second-order valence-electron chi connectivity index (χ2n) is 5.77. The smallest absolute Gasteiger partial charge is 0.266 e. The number of hydrogen-bond acceptors (Lipinski definition) is 4. The molecule has 0 unspecified atom stereocenters. The number of halogens is 2. The van der Waals surface area contributed by atoms with E-state index in [1.807, 2.05) is 13.0 Å². The average Bonchev–Trinajstić information content (AvgIpc) is 2.56. The summed E-state index contributed by atoms with van der Waals surface area (Å²) >= 11 is 9.41. The van der Waals surface area contributed by atoms with Gasteiger partial charge in [0.05, 0.1) is 11.9 Å². The summed E-state index contributed by atoms with van der Waals surface area (Å²) in [5, 5.41) is 0.830. The van der Waals surface area contributed by atoms with Crippen molar-refractivity contribution in [1.29, 1.82) is 0 Å². The molecule has 5 nitrogen and oxygen atoms in total. The lowest BCUT2D eigenvalue weighted by molar-refractivity contribution is -0.118. The Hall–Kier alpha value is -1.96. The fourth-order valence-electron chi connectivity index (χ4n) is 2.50. The van der Waals surface area contributed by atoms with E-state index in [4.69, 9.17) is 11.6 Å². The van der Waals surface area contributed by atoms with Crippen LogP contribution in [-0.4, -0.2) is 19.3 Å². The van der Waals surface area contributed by atoms with Gasteiger partial charge in [0, 0.05) is 21.1 Å². The maximum absolute atomic E-state index is 12.7. The van der Waals surface area contributed by atoms with Crippen molar-refractivity contribution in [3.05, 3.63) is 69.3 Å². The SMILES string of the molecule is Cc1ccc(CC(=O)NS(=O)(=O)c2cc(Cl)cc3cccnc23)cc1Br. The molecule has 0 spiro atoms. The molecule has 3 rings (SSSR count). The van der Waals surface area contributed by atoms with Crippen LogP contribution in [0.4, 0.5) is 0 Å². The Bertz CT molecular complexity index is 1120. The second-order valence-corrected chi connectivity index (χ2v) is 8.71. The number of amides is 1. The molecule has 0 radical (unpaired) electrons. The Kier molecular flexibility index (Phi) is 5.32. The number of benzene rings is 2. The van der Waals surface area contributed by atoms with Crippen molar-refractivity contribution in [1.82, 2.24) is 9.71 Å². The zero-order valence-corrected chi connectivity index (χ0v) is 16.8. The van der Waals surface area contributed by atoms with E-state index >= 15 is 0 Å². The number of nitrogens with zero attached hydrogens (tertiary/aromatic N) is 1. The normalized spacial score (nSPS) is 11.5. The number of rotatable bonds is 4. The lowest BCUT2D eigenvalue weighted by atomic mass is 10.1. The summed E-state index contributed by atoms with van der Waals surface area (Å²) in [7, 11) is -4.11. The fraction of sp³-hybridized carbons (Fsp3) is 0.111. The van der Waals surface area contributed by atoms with Crippen LogP contribution in [0.15, 0.2) is 58.0 Å². The van der Waals surface area contributed by atoms with Gasteiger partial charge in [-0.15, -0.1) is 0 Å². The third-order valence-corrected chi connectivity index (χ3v) is 6.23. The Morgan fingerprint density at radius 1 is 1.23 bits per heavy atom. The van der Waals surface area contributed by atoms with E-state index < -0.39 is 15.9 Å². The van der Waals surface area contributed by atoms with Gasteiger partial charge in [0.25, 0.3) is 10.0 Å². The molecule has 1 aromatic heterocycles. The average molecular weight is 454 g/mol. The molecule has 0 aliphatic carbocycles. The Morgan fingerprint density at radius 3 is 2.73 bits per heavy atom. The monoisotopic (exact) mass is 452 g/mol. The Morgan fingerprint density at radius 2 is 2.00 bits per heavy atom. The summed E-state index contributed by atoms with van der Waals surface area (Å²) < 4.78 is 28.3. The van der Waals surface area contributed by atoms with Crippen LogP contribution in [0.5, 0.6) is 0 Å². The van der Waals surface area contributed by atoms with Gasteiger partial charge in [0.1, 0.15) is 4.90 Å². The third-order valence-electron chi connectivity index (χ3n) is 3.77. The van der Waals surface area contributed by atoms with Crippen molar-refractivity contribution in [2.75, 3.05) is 0 Å². The summed E-state index contributed by atoms with van der Waals surface area (Å²) in [6.07, 6.45) is 1.42. The van der Waals surface area contributed by atoms with E-state index in [1.54, 1.807) is 30.3 Å². The van der Waals surface area contributed by atoms with Gasteiger partial charge in [-0.1, -0.05) is 45.7 Å². The molecule has 8 heteroatoms. The lowest BCUT2D eigenvalue weighted by Gasteiger charge is -2.10. The van der Waals surface area contributed by atoms with Crippen molar-refractivity contribution < 1.29 is 13.2 Å². The number of aryl methyl sites for hydroxylation is 1. The minimum Gasteiger partial charge on any atom is -0.274 e. The summed E-state index contributed by atoms with van der Waals surface area (Å²) in [5.41, 5.74) is 1.98. The summed E-state index contributed by atoms with van der Waals surface area (Å²) in [6, 6.07) is 11.7. The maximum Gasteiger partial charge on any atom is 0.266 e. The van der Waals surface area contributed by atoms with Crippen LogP contribution in [0.25, 0.3) is 10.9 Å².